The highest BCUT2D eigenvalue weighted by molar-refractivity contribution is 7.17. The molecule has 1 aliphatic heterocycles. The Morgan fingerprint density at radius 2 is 2.12 bits per heavy atom. The number of pyridine rings is 1. The number of aromatic nitrogens is 3. The predicted octanol–water partition coefficient (Wildman–Crippen LogP) is 4.36. The second-order valence-corrected chi connectivity index (χ2v) is 9.33. The molecule has 0 aliphatic carbocycles. The number of nitrogens with zero attached hydrogens (tertiary/aromatic N) is 3. The first-order valence-corrected chi connectivity index (χ1v) is 11.8. The molecule has 0 spiro atoms. The smallest absolute Gasteiger partial charge is 0.269 e. The summed E-state index contributed by atoms with van der Waals surface area (Å²) in [6.07, 6.45) is 3.69. The molecule has 6 nitrogen and oxygen atoms in total. The van der Waals surface area contributed by atoms with E-state index < -0.39 is 0 Å². The minimum Gasteiger partial charge on any atom is -0.381 e. The zero-order valence-electron chi connectivity index (χ0n) is 18.3. The fourth-order valence-electron chi connectivity index (χ4n) is 4.09. The molecule has 7 heteroatoms. The monoisotopic (exact) mass is 446 g/mol. The predicted molar refractivity (Wildman–Crippen MR) is 127 cm³/mol. The van der Waals surface area contributed by atoms with Gasteiger partial charge in [-0.05, 0) is 54.0 Å². The molecule has 164 valence electrons. The van der Waals surface area contributed by atoms with Gasteiger partial charge in [-0.15, -0.1) is 11.3 Å². The molecule has 32 heavy (non-hydrogen) atoms. The molecule has 1 N–H and O–H groups in total. The number of carbonyl (C=O) groups excluding carboxylic acids is 1. The number of hydrogen-bond donors (Lipinski definition) is 1. The normalized spacial score (nSPS) is 16.0. The van der Waals surface area contributed by atoms with Gasteiger partial charge in [0.15, 0.2) is 0 Å². The van der Waals surface area contributed by atoms with E-state index in [-0.39, 0.29) is 5.91 Å². The summed E-state index contributed by atoms with van der Waals surface area (Å²) in [5.74, 6) is 0.277. The number of hydrogen-bond acceptors (Lipinski definition) is 5. The van der Waals surface area contributed by atoms with Crippen LogP contribution in [-0.4, -0.2) is 40.4 Å². The summed E-state index contributed by atoms with van der Waals surface area (Å²) in [6, 6.07) is 12.4. The van der Waals surface area contributed by atoms with Gasteiger partial charge in [0.1, 0.15) is 5.69 Å². The average Bonchev–Trinajstić information content (AvgIpc) is 3.55. The SMILES string of the molecule is Cc1csc2c(Cc3ccc(-c4ccn(C)n4)cc3)cc(C(=O)NCC3CCOC3)nc12. The van der Waals surface area contributed by atoms with Gasteiger partial charge in [0, 0.05) is 37.9 Å². The van der Waals surface area contributed by atoms with Crippen LogP contribution in [0.2, 0.25) is 0 Å². The molecular weight excluding hydrogens is 420 g/mol. The lowest BCUT2D eigenvalue weighted by Gasteiger charge is -2.11. The Morgan fingerprint density at radius 1 is 1.28 bits per heavy atom. The fourth-order valence-corrected chi connectivity index (χ4v) is 5.10. The largest absolute Gasteiger partial charge is 0.381 e. The molecule has 1 unspecified atom stereocenters. The zero-order valence-corrected chi connectivity index (χ0v) is 19.1. The van der Waals surface area contributed by atoms with Gasteiger partial charge >= 0.3 is 0 Å². The van der Waals surface area contributed by atoms with Crippen molar-refractivity contribution in [3.63, 3.8) is 0 Å². The Kier molecular flexibility index (Phi) is 5.76. The summed E-state index contributed by atoms with van der Waals surface area (Å²) in [6.45, 7) is 4.18. The van der Waals surface area contributed by atoms with Crippen LogP contribution in [0.25, 0.3) is 21.5 Å². The van der Waals surface area contributed by atoms with Gasteiger partial charge in [-0.2, -0.15) is 5.10 Å². The summed E-state index contributed by atoms with van der Waals surface area (Å²) in [4.78, 5) is 17.6. The maximum Gasteiger partial charge on any atom is 0.269 e. The lowest BCUT2D eigenvalue weighted by atomic mass is 10.0. The molecule has 5 rings (SSSR count). The summed E-state index contributed by atoms with van der Waals surface area (Å²) < 4.78 is 8.37. The first kappa shape index (κ1) is 20.8. The Morgan fingerprint density at radius 3 is 2.84 bits per heavy atom. The van der Waals surface area contributed by atoms with Crippen LogP contribution in [0, 0.1) is 12.8 Å². The Bertz CT molecular complexity index is 1250. The number of nitrogens with one attached hydrogen (secondary N) is 1. The summed E-state index contributed by atoms with van der Waals surface area (Å²) in [5.41, 5.74) is 6.90. The summed E-state index contributed by atoms with van der Waals surface area (Å²) >= 11 is 1.69. The van der Waals surface area contributed by atoms with Crippen molar-refractivity contribution in [1.29, 1.82) is 0 Å². The molecule has 1 fully saturated rings. The number of thiophene rings is 1. The van der Waals surface area contributed by atoms with E-state index in [4.69, 9.17) is 9.72 Å². The van der Waals surface area contributed by atoms with E-state index in [1.54, 1.807) is 11.3 Å². The standard InChI is InChI=1S/C25H26N4O2S/c1-16-15-32-24-20(11-17-3-5-19(6-4-17)21-7-9-29(2)28-21)12-22(27-23(16)24)25(30)26-13-18-8-10-31-14-18/h3-7,9,12,15,18H,8,10-11,13-14H2,1-2H3,(H,26,30). The van der Waals surface area contributed by atoms with Gasteiger partial charge in [-0.25, -0.2) is 4.98 Å². The number of rotatable bonds is 6. The minimum absolute atomic E-state index is 0.115. The van der Waals surface area contributed by atoms with Gasteiger partial charge in [0.2, 0.25) is 0 Å². The van der Waals surface area contributed by atoms with Crippen molar-refractivity contribution in [3.8, 4) is 11.3 Å². The third kappa shape index (κ3) is 4.31. The van der Waals surface area contributed by atoms with E-state index in [0.717, 1.165) is 58.7 Å². The Hall–Kier alpha value is -3.03. The van der Waals surface area contributed by atoms with Crippen molar-refractivity contribution >= 4 is 27.5 Å². The van der Waals surface area contributed by atoms with Gasteiger partial charge < -0.3 is 10.1 Å². The van der Waals surface area contributed by atoms with Crippen LogP contribution in [0.15, 0.2) is 48.0 Å². The lowest BCUT2D eigenvalue weighted by Crippen LogP contribution is -2.30. The molecule has 0 saturated carbocycles. The second-order valence-electron chi connectivity index (χ2n) is 8.45. The minimum atomic E-state index is -0.115. The van der Waals surface area contributed by atoms with Crippen LogP contribution in [-0.2, 0) is 18.2 Å². The van der Waals surface area contributed by atoms with Crippen molar-refractivity contribution in [2.24, 2.45) is 13.0 Å². The number of aryl methyl sites for hydroxylation is 2. The molecule has 1 atom stereocenters. The second kappa shape index (κ2) is 8.84. The molecule has 0 radical (unpaired) electrons. The van der Waals surface area contributed by atoms with Gasteiger partial charge in [0.05, 0.1) is 22.5 Å². The van der Waals surface area contributed by atoms with E-state index in [0.29, 0.717) is 18.2 Å². The van der Waals surface area contributed by atoms with Crippen LogP contribution in [0.1, 0.15) is 33.6 Å². The van der Waals surface area contributed by atoms with E-state index in [9.17, 15) is 4.79 Å². The molecule has 1 aromatic carbocycles. The van der Waals surface area contributed by atoms with Gasteiger partial charge in [0.25, 0.3) is 5.91 Å². The van der Waals surface area contributed by atoms with Gasteiger partial charge in [-0.3, -0.25) is 9.48 Å². The van der Waals surface area contributed by atoms with Crippen LogP contribution in [0.5, 0.6) is 0 Å². The number of benzene rings is 1. The summed E-state index contributed by atoms with van der Waals surface area (Å²) in [5, 5.41) is 9.64. The van der Waals surface area contributed by atoms with Crippen molar-refractivity contribution in [1.82, 2.24) is 20.1 Å². The molecule has 1 saturated heterocycles. The highest BCUT2D eigenvalue weighted by Crippen LogP contribution is 2.30. The number of ether oxygens (including phenoxy) is 1. The van der Waals surface area contributed by atoms with E-state index >= 15 is 0 Å². The van der Waals surface area contributed by atoms with Crippen molar-refractivity contribution < 1.29 is 9.53 Å². The van der Waals surface area contributed by atoms with E-state index in [1.165, 1.54) is 5.56 Å². The maximum absolute atomic E-state index is 12.9. The molecular formula is C25H26N4O2S. The average molecular weight is 447 g/mol. The van der Waals surface area contributed by atoms with Crippen molar-refractivity contribution in [2.75, 3.05) is 19.8 Å². The first-order valence-electron chi connectivity index (χ1n) is 10.9. The maximum atomic E-state index is 12.9. The molecule has 0 bridgehead atoms. The summed E-state index contributed by atoms with van der Waals surface area (Å²) in [7, 11) is 1.92. The van der Waals surface area contributed by atoms with Crippen molar-refractivity contribution in [3.05, 3.63) is 70.4 Å². The van der Waals surface area contributed by atoms with Crippen LogP contribution < -0.4 is 5.32 Å². The first-order chi connectivity index (χ1) is 15.6. The molecule has 1 aliphatic rings. The molecule has 4 aromatic rings. The molecule has 3 aromatic heterocycles. The van der Waals surface area contributed by atoms with E-state index in [1.807, 2.05) is 30.1 Å². The van der Waals surface area contributed by atoms with E-state index in [2.05, 4.69) is 47.0 Å². The zero-order chi connectivity index (χ0) is 22.1. The lowest BCUT2D eigenvalue weighted by molar-refractivity contribution is 0.0940. The molecule has 4 heterocycles. The van der Waals surface area contributed by atoms with Crippen LogP contribution in [0.3, 0.4) is 0 Å². The van der Waals surface area contributed by atoms with Crippen LogP contribution in [0.4, 0.5) is 0 Å². The number of amides is 1. The third-order valence-corrected chi connectivity index (χ3v) is 7.11. The van der Waals surface area contributed by atoms with Crippen LogP contribution >= 0.6 is 11.3 Å². The topological polar surface area (TPSA) is 69.0 Å². The van der Waals surface area contributed by atoms with Gasteiger partial charge in [-0.1, -0.05) is 24.3 Å². The Labute approximate surface area is 191 Å². The number of carbonyl (C=O) groups is 1. The Balaban J connectivity index is 1.39. The van der Waals surface area contributed by atoms with Crippen molar-refractivity contribution in [2.45, 2.75) is 19.8 Å². The molecule has 1 amide bonds. The number of fused-ring (bicyclic) bond motifs is 1. The third-order valence-electron chi connectivity index (χ3n) is 5.94. The highest BCUT2D eigenvalue weighted by atomic mass is 32.1. The fraction of sp³-hybridized carbons (Fsp3) is 0.320. The quantitative estimate of drug-likeness (QED) is 0.478. The highest BCUT2D eigenvalue weighted by Gasteiger charge is 2.19.